The Kier molecular flexibility index (Phi) is 10.2. The Morgan fingerprint density at radius 3 is 1.84 bits per heavy atom. The van der Waals surface area contributed by atoms with E-state index in [9.17, 15) is 20.4 Å². The molecule has 0 aromatic heterocycles. The van der Waals surface area contributed by atoms with E-state index in [4.69, 9.17) is 9.98 Å². The molecule has 7 nitrogen and oxygen atoms in total. The van der Waals surface area contributed by atoms with E-state index >= 15 is 0 Å². The molecular weight excluding hydrogens is 707 g/mol. The van der Waals surface area contributed by atoms with Gasteiger partial charge in [0.05, 0.1) is 5.56 Å². The summed E-state index contributed by atoms with van der Waals surface area (Å²) in [5.41, 5.74) is 13.1. The van der Waals surface area contributed by atoms with Gasteiger partial charge in [-0.05, 0) is 107 Å². The van der Waals surface area contributed by atoms with E-state index in [-0.39, 0.29) is 23.7 Å². The largest absolute Gasteiger partial charge is 0.504 e. The van der Waals surface area contributed by atoms with Crippen molar-refractivity contribution in [2.24, 2.45) is 9.98 Å². The van der Waals surface area contributed by atoms with Gasteiger partial charge in [0.25, 0.3) is 0 Å². The van der Waals surface area contributed by atoms with Crippen LogP contribution in [0, 0.1) is 6.92 Å². The molecule has 0 fully saturated rings. The minimum absolute atomic E-state index is 0.0852. The van der Waals surface area contributed by atoms with Crippen molar-refractivity contribution in [3.05, 3.63) is 184 Å². The average molecular weight is 752 g/mol. The highest BCUT2D eigenvalue weighted by atomic mass is 16.3. The molecular formula is C50H45N3O4. The van der Waals surface area contributed by atoms with Crippen molar-refractivity contribution in [1.82, 2.24) is 5.32 Å². The number of hydrogen-bond donors (Lipinski definition) is 5. The SMILES string of the molecule is C=Cc1ccc(C2=CC=C(C3=CC=C(c4c(O)c(O)c(CC)c(O)c4O)CC3)CC2)cc1-c1cc(C2=NC(c3ccccc3)=NC(c3ccccc3)N2)ccc1C. The molecule has 284 valence electrons. The highest BCUT2D eigenvalue weighted by molar-refractivity contribution is 6.13. The van der Waals surface area contributed by atoms with Crippen molar-refractivity contribution < 1.29 is 20.4 Å². The van der Waals surface area contributed by atoms with Crippen LogP contribution in [-0.2, 0) is 6.42 Å². The van der Waals surface area contributed by atoms with Crippen LogP contribution in [0.5, 0.6) is 23.0 Å². The number of hydrogen-bond acceptors (Lipinski definition) is 7. The van der Waals surface area contributed by atoms with Crippen molar-refractivity contribution in [3.8, 4) is 34.1 Å². The number of aromatic hydroxyl groups is 4. The average Bonchev–Trinajstić information content (AvgIpc) is 3.27. The molecule has 1 heterocycles. The van der Waals surface area contributed by atoms with Crippen molar-refractivity contribution in [2.45, 2.75) is 52.1 Å². The molecule has 0 radical (unpaired) electrons. The van der Waals surface area contributed by atoms with E-state index in [1.165, 1.54) is 16.7 Å². The summed E-state index contributed by atoms with van der Waals surface area (Å²) in [6.45, 7) is 8.03. The fourth-order valence-corrected chi connectivity index (χ4v) is 7.99. The molecule has 5 aromatic carbocycles. The van der Waals surface area contributed by atoms with Crippen LogP contribution in [0.15, 0.2) is 149 Å². The standard InChI is InChI=1S/C50H45N3O4/c1-4-31-18-27-38(34-21-19-32(20-22-34)33-23-25-35(26-24-33)43-46(56)44(54)40(5-2)45(55)47(43)57)28-42(31)41-29-39(17-16-30(41)3)50-52-48(36-12-8-6-9-13-36)51-49(53-50)37-14-10-7-11-15-37/h4,6-19,21,23,25,27-29,48,54-57H,1,5,20,22,24,26H2,2-3H3,(H,51,52,53). The number of nitrogens with zero attached hydrogens (tertiary/aromatic N) is 2. The second-order valence-electron chi connectivity index (χ2n) is 14.6. The summed E-state index contributed by atoms with van der Waals surface area (Å²) in [7, 11) is 0. The van der Waals surface area contributed by atoms with Crippen LogP contribution in [-0.4, -0.2) is 32.1 Å². The summed E-state index contributed by atoms with van der Waals surface area (Å²) in [6.07, 6.45) is 13.2. The molecule has 7 heteroatoms. The number of phenolic OH excluding ortho intramolecular Hbond substituents is 4. The molecule has 0 spiro atoms. The van der Waals surface area contributed by atoms with Gasteiger partial charge in [0, 0.05) is 16.7 Å². The highest BCUT2D eigenvalue weighted by Crippen LogP contribution is 2.51. The van der Waals surface area contributed by atoms with E-state index in [0.717, 1.165) is 63.2 Å². The number of benzene rings is 5. The van der Waals surface area contributed by atoms with Crippen LogP contribution in [0.1, 0.15) is 83.3 Å². The third kappa shape index (κ3) is 7.20. The second-order valence-corrected chi connectivity index (χ2v) is 14.6. The molecule has 0 bridgehead atoms. The second kappa shape index (κ2) is 15.7. The van der Waals surface area contributed by atoms with E-state index in [0.29, 0.717) is 24.3 Å². The van der Waals surface area contributed by atoms with E-state index in [2.05, 4.69) is 79.5 Å². The van der Waals surface area contributed by atoms with Gasteiger partial charge >= 0.3 is 0 Å². The third-order valence-corrected chi connectivity index (χ3v) is 11.2. The van der Waals surface area contributed by atoms with Crippen LogP contribution >= 0.6 is 0 Å². The number of allylic oxidation sites excluding steroid dienone is 8. The number of aryl methyl sites for hydroxylation is 1. The Bertz CT molecular complexity index is 2560. The summed E-state index contributed by atoms with van der Waals surface area (Å²) in [6, 6.07) is 33.4. The zero-order valence-corrected chi connectivity index (χ0v) is 32.1. The number of nitrogens with one attached hydrogen (secondary N) is 1. The zero-order valence-electron chi connectivity index (χ0n) is 32.1. The first-order valence-corrected chi connectivity index (χ1v) is 19.4. The molecule has 3 aliphatic rings. The zero-order chi connectivity index (χ0) is 39.6. The van der Waals surface area contributed by atoms with Crippen LogP contribution in [0.3, 0.4) is 0 Å². The molecule has 8 rings (SSSR count). The van der Waals surface area contributed by atoms with Gasteiger partial charge in [-0.3, -0.25) is 0 Å². The van der Waals surface area contributed by atoms with Crippen LogP contribution in [0.25, 0.3) is 28.3 Å². The van der Waals surface area contributed by atoms with Gasteiger partial charge < -0.3 is 25.7 Å². The summed E-state index contributed by atoms with van der Waals surface area (Å²) in [5, 5.41) is 46.0. The van der Waals surface area contributed by atoms with Gasteiger partial charge in [-0.2, -0.15) is 0 Å². The smallest absolute Gasteiger partial charge is 0.169 e. The summed E-state index contributed by atoms with van der Waals surface area (Å²) >= 11 is 0. The number of aliphatic imine (C=N–C) groups is 2. The molecule has 0 amide bonds. The summed E-state index contributed by atoms with van der Waals surface area (Å²) < 4.78 is 0. The molecule has 1 unspecified atom stereocenters. The summed E-state index contributed by atoms with van der Waals surface area (Å²) in [5.74, 6) is -0.132. The Labute approximate surface area is 333 Å². The first-order chi connectivity index (χ1) is 27.7. The lowest BCUT2D eigenvalue weighted by atomic mass is 9.83. The molecule has 0 saturated carbocycles. The first-order valence-electron chi connectivity index (χ1n) is 19.4. The molecule has 1 atom stereocenters. The Hall–Kier alpha value is -6.86. The molecule has 57 heavy (non-hydrogen) atoms. The first kappa shape index (κ1) is 37.1. The lowest BCUT2D eigenvalue weighted by Gasteiger charge is -2.24. The van der Waals surface area contributed by atoms with Gasteiger partial charge in [-0.25, -0.2) is 9.98 Å². The minimum Gasteiger partial charge on any atom is -0.504 e. The molecule has 0 saturated heterocycles. The lowest BCUT2D eigenvalue weighted by Crippen LogP contribution is -2.33. The molecule has 5 N–H and O–H groups in total. The number of phenols is 4. The molecule has 5 aromatic rings. The maximum Gasteiger partial charge on any atom is 0.169 e. The number of amidine groups is 2. The quantitative estimate of drug-likeness (QED) is 0.0759. The van der Waals surface area contributed by atoms with Crippen molar-refractivity contribution in [1.29, 1.82) is 0 Å². The Morgan fingerprint density at radius 1 is 0.649 bits per heavy atom. The van der Waals surface area contributed by atoms with Crippen LogP contribution in [0.2, 0.25) is 0 Å². The summed E-state index contributed by atoms with van der Waals surface area (Å²) in [4.78, 5) is 10.1. The molecule has 2 aliphatic carbocycles. The fourth-order valence-electron chi connectivity index (χ4n) is 7.99. The van der Waals surface area contributed by atoms with Crippen molar-refractivity contribution in [3.63, 3.8) is 0 Å². The number of rotatable bonds is 9. The van der Waals surface area contributed by atoms with Gasteiger partial charge in [0.15, 0.2) is 28.8 Å². The van der Waals surface area contributed by atoms with Gasteiger partial charge in [0.1, 0.15) is 12.0 Å². The monoisotopic (exact) mass is 751 g/mol. The maximum atomic E-state index is 10.7. The highest BCUT2D eigenvalue weighted by Gasteiger charge is 2.26. The van der Waals surface area contributed by atoms with Crippen molar-refractivity contribution >= 4 is 28.9 Å². The van der Waals surface area contributed by atoms with Crippen molar-refractivity contribution in [2.75, 3.05) is 0 Å². The lowest BCUT2D eigenvalue weighted by molar-refractivity contribution is 0.364. The third-order valence-electron chi connectivity index (χ3n) is 11.2. The van der Waals surface area contributed by atoms with Crippen LogP contribution in [0.4, 0.5) is 0 Å². The van der Waals surface area contributed by atoms with Gasteiger partial charge in [-0.15, -0.1) is 0 Å². The van der Waals surface area contributed by atoms with E-state index in [1.54, 1.807) is 6.92 Å². The van der Waals surface area contributed by atoms with Gasteiger partial charge in [0.2, 0.25) is 0 Å². The predicted octanol–water partition coefficient (Wildman–Crippen LogP) is 11.1. The van der Waals surface area contributed by atoms with Crippen LogP contribution < -0.4 is 5.32 Å². The Morgan fingerprint density at radius 2 is 1.23 bits per heavy atom. The Balaban J connectivity index is 1.09. The van der Waals surface area contributed by atoms with E-state index < -0.39 is 23.0 Å². The van der Waals surface area contributed by atoms with E-state index in [1.807, 2.05) is 66.8 Å². The fraction of sp³-hybridized carbons (Fsp3) is 0.160. The topological polar surface area (TPSA) is 118 Å². The molecule has 1 aliphatic heterocycles. The normalized spacial score (nSPS) is 16.6. The maximum absolute atomic E-state index is 10.7. The minimum atomic E-state index is -0.402. The predicted molar refractivity (Wildman–Crippen MR) is 232 cm³/mol. The van der Waals surface area contributed by atoms with Gasteiger partial charge in [-0.1, -0.05) is 129 Å².